The van der Waals surface area contributed by atoms with Crippen LogP contribution >= 0.6 is 0 Å². The highest BCUT2D eigenvalue weighted by Crippen LogP contribution is 2.23. The molecule has 2 nitrogen and oxygen atoms in total. The lowest BCUT2D eigenvalue weighted by molar-refractivity contribution is 0.0967. The molecule has 0 saturated carbocycles. The molecule has 1 rings (SSSR count). The highest BCUT2D eigenvalue weighted by atomic mass is 16.5. The van der Waals surface area contributed by atoms with Gasteiger partial charge in [-0.05, 0) is 50.5 Å². The van der Waals surface area contributed by atoms with E-state index in [4.69, 9.17) is 4.74 Å². The van der Waals surface area contributed by atoms with Crippen LogP contribution in [0.1, 0.15) is 59.8 Å². The highest BCUT2D eigenvalue weighted by Gasteiger charge is 2.18. The van der Waals surface area contributed by atoms with Crippen LogP contribution in [-0.2, 0) is 4.74 Å². The largest absolute Gasteiger partial charge is 0.378 e. The lowest BCUT2D eigenvalue weighted by atomic mass is 9.91. The molecule has 0 aromatic heterocycles. The van der Waals surface area contributed by atoms with Gasteiger partial charge in [-0.3, -0.25) is 0 Å². The Kier molecular flexibility index (Phi) is 7.14. The summed E-state index contributed by atoms with van der Waals surface area (Å²) in [6.45, 7) is 11.3. The molecule has 0 aromatic carbocycles. The van der Waals surface area contributed by atoms with E-state index in [9.17, 15) is 0 Å². The van der Waals surface area contributed by atoms with Gasteiger partial charge >= 0.3 is 0 Å². The predicted octanol–water partition coefficient (Wildman–Crippen LogP) is 3.61. The van der Waals surface area contributed by atoms with E-state index in [1.807, 2.05) is 0 Å². The third-order valence-electron chi connectivity index (χ3n) is 3.54. The second-order valence-corrected chi connectivity index (χ2v) is 6.27. The zero-order chi connectivity index (χ0) is 12.7. The Morgan fingerprint density at radius 1 is 1.24 bits per heavy atom. The molecule has 0 aliphatic carbocycles. The first-order chi connectivity index (χ1) is 8.08. The topological polar surface area (TPSA) is 21.3 Å². The summed E-state index contributed by atoms with van der Waals surface area (Å²) in [6, 6.07) is 0.604. The highest BCUT2D eigenvalue weighted by molar-refractivity contribution is 4.71. The minimum atomic E-state index is 0.559. The Morgan fingerprint density at radius 3 is 2.53 bits per heavy atom. The maximum absolute atomic E-state index is 5.71. The predicted molar refractivity (Wildman–Crippen MR) is 74.3 cm³/mol. The molecule has 1 heterocycles. The van der Waals surface area contributed by atoms with Gasteiger partial charge in [0.15, 0.2) is 0 Å². The van der Waals surface area contributed by atoms with E-state index in [0.717, 1.165) is 18.4 Å². The summed E-state index contributed by atoms with van der Waals surface area (Å²) < 4.78 is 5.71. The molecule has 1 aliphatic heterocycles. The molecular weight excluding hydrogens is 210 g/mol. The minimum absolute atomic E-state index is 0.559. The van der Waals surface area contributed by atoms with E-state index in [0.29, 0.717) is 12.1 Å². The first-order valence-corrected chi connectivity index (χ1v) is 7.43. The van der Waals surface area contributed by atoms with Crippen LogP contribution in [0.3, 0.4) is 0 Å². The normalized spacial score (nSPS) is 22.6. The number of ether oxygens (including phenoxy) is 1. The van der Waals surface area contributed by atoms with Gasteiger partial charge in [-0.1, -0.05) is 27.7 Å². The van der Waals surface area contributed by atoms with Crippen molar-refractivity contribution in [2.75, 3.05) is 13.2 Å². The second kappa shape index (κ2) is 8.10. The van der Waals surface area contributed by atoms with E-state index in [2.05, 4.69) is 33.0 Å². The van der Waals surface area contributed by atoms with Crippen LogP contribution in [0.5, 0.6) is 0 Å². The first kappa shape index (κ1) is 15.0. The average Bonchev–Trinajstić information content (AvgIpc) is 2.74. The average molecular weight is 241 g/mol. The van der Waals surface area contributed by atoms with Crippen molar-refractivity contribution in [1.82, 2.24) is 5.32 Å². The summed E-state index contributed by atoms with van der Waals surface area (Å²) in [5.41, 5.74) is 0. The van der Waals surface area contributed by atoms with Crippen molar-refractivity contribution in [3.63, 3.8) is 0 Å². The van der Waals surface area contributed by atoms with Crippen LogP contribution in [0, 0.1) is 11.8 Å². The molecular formula is C15H31NO. The molecule has 0 radical (unpaired) electrons. The molecule has 1 saturated heterocycles. The van der Waals surface area contributed by atoms with Crippen LogP contribution < -0.4 is 5.32 Å². The Balaban J connectivity index is 2.23. The Bertz CT molecular complexity index is 185. The summed E-state index contributed by atoms with van der Waals surface area (Å²) in [4.78, 5) is 0. The van der Waals surface area contributed by atoms with Crippen molar-refractivity contribution in [2.24, 2.45) is 11.8 Å². The minimum Gasteiger partial charge on any atom is -0.378 e. The lowest BCUT2D eigenvalue weighted by Gasteiger charge is -2.22. The quantitative estimate of drug-likeness (QED) is 0.701. The monoisotopic (exact) mass is 241 g/mol. The fraction of sp³-hybridized carbons (Fsp3) is 1.00. The second-order valence-electron chi connectivity index (χ2n) is 6.27. The van der Waals surface area contributed by atoms with Crippen LogP contribution in [0.4, 0.5) is 0 Å². The van der Waals surface area contributed by atoms with Gasteiger partial charge in [-0.25, -0.2) is 0 Å². The fourth-order valence-electron chi connectivity index (χ4n) is 2.67. The number of nitrogens with one attached hydrogen (secondary N) is 1. The standard InChI is InChI=1S/C15H31NO/c1-12(2)10-14(11-16-13(3)4)7-8-15-6-5-9-17-15/h12-16H,5-11H2,1-4H3. The molecule has 17 heavy (non-hydrogen) atoms. The molecule has 102 valence electrons. The maximum atomic E-state index is 5.71. The van der Waals surface area contributed by atoms with Crippen LogP contribution in [-0.4, -0.2) is 25.3 Å². The van der Waals surface area contributed by atoms with E-state index in [1.165, 1.54) is 38.6 Å². The molecule has 0 bridgehead atoms. The summed E-state index contributed by atoms with van der Waals surface area (Å²) in [5, 5.41) is 3.59. The number of hydrogen-bond acceptors (Lipinski definition) is 2. The third-order valence-corrected chi connectivity index (χ3v) is 3.54. The van der Waals surface area contributed by atoms with Gasteiger partial charge in [0.05, 0.1) is 6.10 Å². The van der Waals surface area contributed by atoms with Gasteiger partial charge in [0.25, 0.3) is 0 Å². The molecule has 1 aliphatic rings. The van der Waals surface area contributed by atoms with E-state index < -0.39 is 0 Å². The number of hydrogen-bond donors (Lipinski definition) is 1. The van der Waals surface area contributed by atoms with E-state index in [1.54, 1.807) is 0 Å². The van der Waals surface area contributed by atoms with Crippen molar-refractivity contribution in [1.29, 1.82) is 0 Å². The molecule has 2 atom stereocenters. The van der Waals surface area contributed by atoms with Crippen molar-refractivity contribution in [3.05, 3.63) is 0 Å². The Hall–Kier alpha value is -0.0800. The Morgan fingerprint density at radius 2 is 2.00 bits per heavy atom. The van der Waals surface area contributed by atoms with Crippen molar-refractivity contribution in [2.45, 2.75) is 71.9 Å². The zero-order valence-electron chi connectivity index (χ0n) is 12.2. The van der Waals surface area contributed by atoms with Gasteiger partial charge in [0, 0.05) is 12.6 Å². The van der Waals surface area contributed by atoms with Crippen LogP contribution in [0.15, 0.2) is 0 Å². The van der Waals surface area contributed by atoms with E-state index in [-0.39, 0.29) is 0 Å². The summed E-state index contributed by atoms with van der Waals surface area (Å²) in [5.74, 6) is 1.63. The summed E-state index contributed by atoms with van der Waals surface area (Å²) >= 11 is 0. The molecule has 1 fully saturated rings. The number of rotatable bonds is 8. The SMILES string of the molecule is CC(C)CC(CCC1CCCO1)CNC(C)C. The van der Waals surface area contributed by atoms with Gasteiger partial charge in [-0.2, -0.15) is 0 Å². The summed E-state index contributed by atoms with van der Waals surface area (Å²) in [6.07, 6.45) is 7.03. The molecule has 1 N–H and O–H groups in total. The van der Waals surface area contributed by atoms with Gasteiger partial charge in [0.1, 0.15) is 0 Å². The van der Waals surface area contributed by atoms with Crippen molar-refractivity contribution in [3.8, 4) is 0 Å². The summed E-state index contributed by atoms with van der Waals surface area (Å²) in [7, 11) is 0. The van der Waals surface area contributed by atoms with Crippen molar-refractivity contribution < 1.29 is 4.74 Å². The molecule has 0 aromatic rings. The fourth-order valence-corrected chi connectivity index (χ4v) is 2.67. The zero-order valence-corrected chi connectivity index (χ0v) is 12.2. The van der Waals surface area contributed by atoms with Gasteiger partial charge in [0.2, 0.25) is 0 Å². The lowest BCUT2D eigenvalue weighted by Crippen LogP contribution is -2.30. The third kappa shape index (κ3) is 7.05. The van der Waals surface area contributed by atoms with E-state index >= 15 is 0 Å². The molecule has 2 heteroatoms. The van der Waals surface area contributed by atoms with Gasteiger partial charge in [-0.15, -0.1) is 0 Å². The molecule has 2 unspecified atom stereocenters. The van der Waals surface area contributed by atoms with Gasteiger partial charge < -0.3 is 10.1 Å². The smallest absolute Gasteiger partial charge is 0.0576 e. The maximum Gasteiger partial charge on any atom is 0.0576 e. The molecule has 0 spiro atoms. The van der Waals surface area contributed by atoms with Crippen molar-refractivity contribution >= 4 is 0 Å². The van der Waals surface area contributed by atoms with Crippen LogP contribution in [0.2, 0.25) is 0 Å². The first-order valence-electron chi connectivity index (χ1n) is 7.43. The Labute approximate surface area is 108 Å². The van der Waals surface area contributed by atoms with Crippen LogP contribution in [0.25, 0.3) is 0 Å². The molecule has 0 amide bonds.